The van der Waals surface area contributed by atoms with Gasteiger partial charge in [0, 0.05) is 17.8 Å². The fourth-order valence-corrected chi connectivity index (χ4v) is 5.24. The third-order valence-corrected chi connectivity index (χ3v) is 7.06. The number of carbonyl (C=O) groups excluding carboxylic acids is 1. The molecule has 1 heterocycles. The van der Waals surface area contributed by atoms with Crippen molar-refractivity contribution >= 4 is 5.97 Å². The number of carbonyl (C=O) groups is 1. The van der Waals surface area contributed by atoms with E-state index in [0.29, 0.717) is 5.92 Å². The zero-order chi connectivity index (χ0) is 24.7. The second kappa shape index (κ2) is 11.2. The first-order chi connectivity index (χ1) is 17.7. The van der Waals surface area contributed by atoms with Gasteiger partial charge in [-0.25, -0.2) is 4.79 Å². The summed E-state index contributed by atoms with van der Waals surface area (Å²) in [6.45, 7) is -0.0559. The Morgan fingerprint density at radius 2 is 1.61 bits per heavy atom. The number of rotatable bonds is 8. The second-order valence-corrected chi connectivity index (χ2v) is 9.41. The minimum absolute atomic E-state index is 0.0559. The Hall–Kier alpha value is -3.92. The van der Waals surface area contributed by atoms with E-state index in [2.05, 4.69) is 85.1 Å². The number of fused-ring (bicyclic) bond motifs is 1. The summed E-state index contributed by atoms with van der Waals surface area (Å²) in [6, 6.07) is 31.8. The first kappa shape index (κ1) is 23.8. The third kappa shape index (κ3) is 5.49. The van der Waals surface area contributed by atoms with Crippen molar-refractivity contribution in [3.05, 3.63) is 131 Å². The van der Waals surface area contributed by atoms with Crippen LogP contribution in [0.4, 0.5) is 0 Å². The molecular weight excluding hydrogens is 446 g/mol. The number of aromatic nitrogens is 1. The van der Waals surface area contributed by atoms with Crippen LogP contribution < -0.4 is 4.74 Å². The lowest BCUT2D eigenvalue weighted by atomic mass is 9.81. The molecule has 4 aromatic rings. The van der Waals surface area contributed by atoms with E-state index in [4.69, 9.17) is 14.5 Å². The van der Waals surface area contributed by atoms with Gasteiger partial charge >= 0.3 is 5.97 Å². The van der Waals surface area contributed by atoms with Crippen LogP contribution >= 0.6 is 0 Å². The maximum atomic E-state index is 11.5. The van der Waals surface area contributed by atoms with Crippen LogP contribution in [0.1, 0.15) is 45.8 Å². The fourth-order valence-electron chi connectivity index (χ4n) is 5.24. The molecule has 0 bridgehead atoms. The highest BCUT2D eigenvalue weighted by atomic mass is 16.6. The Labute approximate surface area is 212 Å². The molecule has 1 unspecified atom stereocenters. The summed E-state index contributed by atoms with van der Waals surface area (Å²) in [7, 11) is 1.38. The molecule has 0 radical (unpaired) electrons. The van der Waals surface area contributed by atoms with Crippen LogP contribution in [-0.2, 0) is 28.8 Å². The van der Waals surface area contributed by atoms with E-state index in [9.17, 15) is 4.79 Å². The van der Waals surface area contributed by atoms with E-state index in [1.165, 1.54) is 34.9 Å². The Kier molecular flexibility index (Phi) is 7.41. The first-order valence-corrected chi connectivity index (χ1v) is 12.6. The molecule has 1 aliphatic rings. The van der Waals surface area contributed by atoms with Crippen molar-refractivity contribution in [2.75, 3.05) is 13.7 Å². The lowest BCUT2D eigenvalue weighted by Crippen LogP contribution is -2.19. The Bertz CT molecular complexity index is 1250. The van der Waals surface area contributed by atoms with Gasteiger partial charge in [0.05, 0.1) is 7.11 Å². The summed E-state index contributed by atoms with van der Waals surface area (Å²) >= 11 is 0. The molecule has 0 spiro atoms. The van der Waals surface area contributed by atoms with Gasteiger partial charge in [-0.2, -0.15) is 0 Å². The van der Waals surface area contributed by atoms with Crippen molar-refractivity contribution in [3.8, 4) is 5.75 Å². The van der Waals surface area contributed by atoms with E-state index in [-0.39, 0.29) is 18.5 Å². The zero-order valence-electron chi connectivity index (χ0n) is 20.6. The maximum Gasteiger partial charge on any atom is 0.343 e. The van der Waals surface area contributed by atoms with E-state index < -0.39 is 0 Å². The summed E-state index contributed by atoms with van der Waals surface area (Å²) in [5, 5.41) is 0. The third-order valence-electron chi connectivity index (χ3n) is 7.06. The van der Waals surface area contributed by atoms with E-state index >= 15 is 0 Å². The molecule has 5 rings (SSSR count). The van der Waals surface area contributed by atoms with Gasteiger partial charge in [0.25, 0.3) is 0 Å². The minimum atomic E-state index is -0.363. The van der Waals surface area contributed by atoms with Crippen molar-refractivity contribution in [2.45, 2.75) is 31.6 Å². The van der Waals surface area contributed by atoms with Crippen LogP contribution in [0.2, 0.25) is 0 Å². The largest absolute Gasteiger partial charge is 0.482 e. The fraction of sp³-hybridized carbons (Fsp3) is 0.250. The second-order valence-electron chi connectivity index (χ2n) is 9.41. The van der Waals surface area contributed by atoms with Crippen LogP contribution in [0.15, 0.2) is 97.2 Å². The molecule has 3 aromatic carbocycles. The topological polar surface area (TPSA) is 48.4 Å². The molecule has 0 saturated carbocycles. The summed E-state index contributed by atoms with van der Waals surface area (Å²) < 4.78 is 10.4. The number of ether oxygens (including phenoxy) is 2. The number of esters is 1. The van der Waals surface area contributed by atoms with E-state index in [1.807, 2.05) is 12.1 Å². The predicted octanol–water partition coefficient (Wildman–Crippen LogP) is 6.16. The maximum absolute atomic E-state index is 11.5. The van der Waals surface area contributed by atoms with Crippen LogP contribution in [0, 0.1) is 5.92 Å². The molecule has 0 N–H and O–H groups in total. The lowest BCUT2D eigenvalue weighted by molar-refractivity contribution is -0.142. The highest BCUT2D eigenvalue weighted by Crippen LogP contribution is 2.34. The van der Waals surface area contributed by atoms with Gasteiger partial charge < -0.3 is 9.47 Å². The highest BCUT2D eigenvalue weighted by Gasteiger charge is 2.23. The Morgan fingerprint density at radius 3 is 2.25 bits per heavy atom. The Morgan fingerprint density at radius 1 is 0.889 bits per heavy atom. The number of methoxy groups -OCH3 is 1. The summed E-state index contributed by atoms with van der Waals surface area (Å²) in [6.07, 6.45) is 6.01. The number of hydrogen-bond donors (Lipinski definition) is 0. The molecule has 0 fully saturated rings. The highest BCUT2D eigenvalue weighted by molar-refractivity contribution is 5.71. The molecule has 1 aliphatic carbocycles. The average molecular weight is 478 g/mol. The summed E-state index contributed by atoms with van der Waals surface area (Å²) in [5.74, 6) is 1.13. The number of nitrogens with zero attached hydrogens (tertiary/aromatic N) is 1. The van der Waals surface area contributed by atoms with Crippen molar-refractivity contribution in [2.24, 2.45) is 5.92 Å². The van der Waals surface area contributed by atoms with Crippen LogP contribution in [-0.4, -0.2) is 24.7 Å². The zero-order valence-corrected chi connectivity index (χ0v) is 20.6. The molecule has 0 amide bonds. The first-order valence-electron chi connectivity index (χ1n) is 12.6. The molecule has 4 heteroatoms. The average Bonchev–Trinajstić information content (AvgIpc) is 2.94. The molecule has 0 saturated heterocycles. The van der Waals surface area contributed by atoms with Crippen LogP contribution in [0.5, 0.6) is 5.75 Å². The van der Waals surface area contributed by atoms with Gasteiger partial charge in [-0.15, -0.1) is 0 Å². The minimum Gasteiger partial charge on any atom is -0.482 e. The lowest BCUT2D eigenvalue weighted by Gasteiger charge is -2.26. The van der Waals surface area contributed by atoms with Gasteiger partial charge in [0.1, 0.15) is 5.75 Å². The van der Waals surface area contributed by atoms with Gasteiger partial charge in [0.15, 0.2) is 6.61 Å². The van der Waals surface area contributed by atoms with Crippen molar-refractivity contribution in [1.29, 1.82) is 0 Å². The summed E-state index contributed by atoms with van der Waals surface area (Å²) in [4.78, 5) is 16.4. The van der Waals surface area contributed by atoms with Crippen molar-refractivity contribution in [1.82, 2.24) is 4.98 Å². The molecule has 0 aliphatic heterocycles. The van der Waals surface area contributed by atoms with Crippen LogP contribution in [0.25, 0.3) is 0 Å². The summed E-state index contributed by atoms with van der Waals surface area (Å²) in [5.41, 5.74) is 7.40. The molecular formula is C32H31NO3. The van der Waals surface area contributed by atoms with Crippen molar-refractivity contribution < 1.29 is 14.3 Å². The van der Waals surface area contributed by atoms with Gasteiger partial charge in [-0.05, 0) is 71.6 Å². The van der Waals surface area contributed by atoms with E-state index in [0.717, 1.165) is 37.1 Å². The molecule has 36 heavy (non-hydrogen) atoms. The number of hydrogen-bond acceptors (Lipinski definition) is 4. The van der Waals surface area contributed by atoms with E-state index in [1.54, 1.807) is 0 Å². The number of benzene rings is 3. The monoisotopic (exact) mass is 477 g/mol. The van der Waals surface area contributed by atoms with Crippen LogP contribution in [0.3, 0.4) is 0 Å². The predicted molar refractivity (Wildman–Crippen MR) is 141 cm³/mol. The quantitative estimate of drug-likeness (QED) is 0.285. The smallest absolute Gasteiger partial charge is 0.343 e. The molecule has 4 nitrogen and oxygen atoms in total. The molecule has 1 aromatic heterocycles. The number of pyridine rings is 1. The standard InChI is InChI=1S/C32H31NO3/c1-35-31(34)22-36-30-14-8-13-26-19-23(15-18-29(26)30)20-28-17-16-27(21-33-28)32(24-9-4-2-5-10-24)25-11-6-3-7-12-25/h2-14,16-17,21,23,32H,15,18-20,22H2,1H3. The SMILES string of the molecule is COC(=O)COc1cccc2c1CCC(Cc1ccc(C(c3ccccc3)c3ccccc3)cn1)C2. The normalized spacial score (nSPS) is 14.8. The van der Waals surface area contributed by atoms with Gasteiger partial charge in [0.2, 0.25) is 0 Å². The molecule has 1 atom stereocenters. The Balaban J connectivity index is 1.29. The molecule has 182 valence electrons. The van der Waals surface area contributed by atoms with Gasteiger partial charge in [-0.3, -0.25) is 4.98 Å². The van der Waals surface area contributed by atoms with Crippen molar-refractivity contribution in [3.63, 3.8) is 0 Å². The van der Waals surface area contributed by atoms with Gasteiger partial charge in [-0.1, -0.05) is 78.9 Å².